The molecule has 3 aromatic rings. The van der Waals surface area contributed by atoms with Crippen LogP contribution in [0.25, 0.3) is 11.0 Å². The third-order valence-corrected chi connectivity index (χ3v) is 4.85. The summed E-state index contributed by atoms with van der Waals surface area (Å²) >= 11 is 1.70. The fourth-order valence-electron chi connectivity index (χ4n) is 2.33. The predicted molar refractivity (Wildman–Crippen MR) is 88.8 cm³/mol. The fraction of sp³-hybridized carbons (Fsp3) is 0.294. The molecule has 0 atom stereocenters. The smallest absolute Gasteiger partial charge is 0.166 e. The molecule has 0 radical (unpaired) electrons. The van der Waals surface area contributed by atoms with E-state index in [2.05, 4.69) is 60.8 Å². The Hall–Kier alpha value is -1.81. The third kappa shape index (κ3) is 2.81. The van der Waals surface area contributed by atoms with Crippen LogP contribution in [0.5, 0.6) is 0 Å². The van der Waals surface area contributed by atoms with Gasteiger partial charge in [-0.25, -0.2) is 4.98 Å². The number of nitrogens with one attached hydrogen (secondary N) is 1. The molecule has 0 fully saturated rings. The average molecular weight is 297 g/mol. The molecule has 0 saturated carbocycles. The van der Waals surface area contributed by atoms with Crippen LogP contribution in [0.4, 0.5) is 0 Å². The molecule has 0 amide bonds. The van der Waals surface area contributed by atoms with E-state index in [0.29, 0.717) is 0 Å². The maximum Gasteiger partial charge on any atom is 0.166 e. The monoisotopic (exact) mass is 297 g/mol. The van der Waals surface area contributed by atoms with Gasteiger partial charge in [-0.05, 0) is 62.1 Å². The van der Waals surface area contributed by atoms with Gasteiger partial charge in [-0.15, -0.1) is 0 Å². The molecule has 0 aliphatic heterocycles. The highest BCUT2D eigenvalue weighted by molar-refractivity contribution is 7.98. The number of thioether (sulfide) groups is 1. The number of hydrogen-bond donors (Lipinski definition) is 1. The lowest BCUT2D eigenvalue weighted by molar-refractivity contribution is 1.05. The van der Waals surface area contributed by atoms with Crippen molar-refractivity contribution >= 4 is 22.8 Å². The number of benzene rings is 1. The van der Waals surface area contributed by atoms with Gasteiger partial charge in [-0.1, -0.05) is 17.8 Å². The number of fused-ring (bicyclic) bond motifs is 1. The number of aromatic amines is 1. The maximum atomic E-state index is 4.62. The van der Waals surface area contributed by atoms with E-state index >= 15 is 0 Å². The topological polar surface area (TPSA) is 41.6 Å². The number of aromatic nitrogens is 3. The van der Waals surface area contributed by atoms with Gasteiger partial charge >= 0.3 is 0 Å². The predicted octanol–water partition coefficient (Wildman–Crippen LogP) is 4.48. The van der Waals surface area contributed by atoms with E-state index in [1.807, 2.05) is 6.20 Å². The second-order valence-electron chi connectivity index (χ2n) is 5.49. The molecule has 3 nitrogen and oxygen atoms in total. The van der Waals surface area contributed by atoms with Crippen LogP contribution in [-0.2, 0) is 5.75 Å². The minimum Gasteiger partial charge on any atom is -0.333 e. The molecule has 3 rings (SSSR count). The van der Waals surface area contributed by atoms with E-state index in [1.165, 1.54) is 22.3 Å². The number of rotatable bonds is 3. The molecule has 0 spiro atoms. The van der Waals surface area contributed by atoms with Gasteiger partial charge in [0.05, 0.1) is 16.7 Å². The van der Waals surface area contributed by atoms with Crippen molar-refractivity contribution in [3.8, 4) is 0 Å². The summed E-state index contributed by atoms with van der Waals surface area (Å²) in [5.41, 5.74) is 8.37. The Morgan fingerprint density at radius 3 is 2.71 bits per heavy atom. The van der Waals surface area contributed by atoms with E-state index < -0.39 is 0 Å². The molecule has 0 bridgehead atoms. The highest BCUT2D eigenvalue weighted by Gasteiger charge is 2.08. The van der Waals surface area contributed by atoms with E-state index in [4.69, 9.17) is 0 Å². The second-order valence-corrected chi connectivity index (χ2v) is 6.45. The molecule has 1 N–H and O–H groups in total. The molecule has 0 aliphatic rings. The minimum absolute atomic E-state index is 0.839. The molecule has 0 saturated heterocycles. The molecular weight excluding hydrogens is 278 g/mol. The van der Waals surface area contributed by atoms with Crippen molar-refractivity contribution in [3.63, 3.8) is 0 Å². The number of pyridine rings is 1. The Morgan fingerprint density at radius 2 is 1.90 bits per heavy atom. The van der Waals surface area contributed by atoms with Crippen LogP contribution < -0.4 is 0 Å². The number of imidazole rings is 1. The van der Waals surface area contributed by atoms with Crippen molar-refractivity contribution in [2.75, 3.05) is 0 Å². The molecule has 2 heterocycles. The van der Waals surface area contributed by atoms with E-state index in [9.17, 15) is 0 Å². The molecule has 108 valence electrons. The third-order valence-electron chi connectivity index (χ3n) is 3.96. The Bertz CT molecular complexity index is 805. The van der Waals surface area contributed by atoms with Crippen LogP contribution >= 0.6 is 11.8 Å². The van der Waals surface area contributed by atoms with Gasteiger partial charge in [0.15, 0.2) is 5.16 Å². The van der Waals surface area contributed by atoms with Crippen LogP contribution in [-0.4, -0.2) is 15.0 Å². The standard InChI is InChI=1S/C17H19N3S/c1-10-5-6-14-15(7-10)20-17(19-14)21-9-16-13(4)12(3)11(2)8-18-16/h5-8H,9H2,1-4H3,(H,19,20). The number of aryl methyl sites for hydroxylation is 2. The van der Waals surface area contributed by atoms with Gasteiger partial charge in [-0.2, -0.15) is 0 Å². The van der Waals surface area contributed by atoms with E-state index in [0.717, 1.165) is 27.6 Å². The maximum absolute atomic E-state index is 4.62. The lowest BCUT2D eigenvalue weighted by Gasteiger charge is -2.09. The average Bonchev–Trinajstić information content (AvgIpc) is 2.86. The van der Waals surface area contributed by atoms with Crippen molar-refractivity contribution in [1.82, 2.24) is 15.0 Å². The first kappa shape index (κ1) is 14.1. The molecular formula is C17H19N3S. The minimum atomic E-state index is 0.839. The summed E-state index contributed by atoms with van der Waals surface area (Å²) in [5, 5.41) is 0.954. The Kier molecular flexibility index (Phi) is 3.72. The molecule has 0 unspecified atom stereocenters. The van der Waals surface area contributed by atoms with Crippen molar-refractivity contribution in [3.05, 3.63) is 52.3 Å². The van der Waals surface area contributed by atoms with Crippen LogP contribution in [0, 0.1) is 27.7 Å². The van der Waals surface area contributed by atoms with Crippen molar-refractivity contribution in [1.29, 1.82) is 0 Å². The first-order valence-corrected chi connectivity index (χ1v) is 8.04. The first-order valence-electron chi connectivity index (χ1n) is 7.05. The quantitative estimate of drug-likeness (QED) is 0.724. The lowest BCUT2D eigenvalue weighted by Crippen LogP contribution is -1.97. The highest BCUT2D eigenvalue weighted by Crippen LogP contribution is 2.25. The zero-order valence-corrected chi connectivity index (χ0v) is 13.6. The summed E-state index contributed by atoms with van der Waals surface area (Å²) in [4.78, 5) is 12.6. The summed E-state index contributed by atoms with van der Waals surface area (Å²) in [6.45, 7) is 8.50. The largest absolute Gasteiger partial charge is 0.333 e. The van der Waals surface area contributed by atoms with Crippen LogP contribution in [0.1, 0.15) is 27.9 Å². The molecule has 1 aromatic carbocycles. The molecule has 21 heavy (non-hydrogen) atoms. The Labute approximate surface area is 129 Å². The Balaban J connectivity index is 1.82. The molecule has 4 heteroatoms. The first-order chi connectivity index (χ1) is 10.0. The molecule has 2 aromatic heterocycles. The van der Waals surface area contributed by atoms with Gasteiger partial charge in [0.2, 0.25) is 0 Å². The van der Waals surface area contributed by atoms with Crippen molar-refractivity contribution < 1.29 is 0 Å². The van der Waals surface area contributed by atoms with Gasteiger partial charge in [-0.3, -0.25) is 4.98 Å². The second kappa shape index (κ2) is 5.53. The highest BCUT2D eigenvalue weighted by atomic mass is 32.2. The van der Waals surface area contributed by atoms with Crippen LogP contribution in [0.3, 0.4) is 0 Å². The number of hydrogen-bond acceptors (Lipinski definition) is 3. The number of nitrogens with zero attached hydrogens (tertiary/aromatic N) is 2. The summed E-state index contributed by atoms with van der Waals surface area (Å²) in [6.07, 6.45) is 1.96. The number of H-pyrrole nitrogens is 1. The summed E-state index contributed by atoms with van der Waals surface area (Å²) < 4.78 is 0. The Morgan fingerprint density at radius 1 is 1.10 bits per heavy atom. The molecule has 0 aliphatic carbocycles. The summed E-state index contributed by atoms with van der Waals surface area (Å²) in [6, 6.07) is 6.28. The fourth-order valence-corrected chi connectivity index (χ4v) is 3.24. The van der Waals surface area contributed by atoms with Gasteiger partial charge in [0.25, 0.3) is 0 Å². The summed E-state index contributed by atoms with van der Waals surface area (Å²) in [7, 11) is 0. The SMILES string of the molecule is Cc1ccc2nc(SCc3ncc(C)c(C)c3C)[nH]c2c1. The van der Waals surface area contributed by atoms with Crippen LogP contribution in [0.15, 0.2) is 29.6 Å². The van der Waals surface area contributed by atoms with Crippen molar-refractivity contribution in [2.45, 2.75) is 38.6 Å². The zero-order valence-electron chi connectivity index (χ0n) is 12.8. The van der Waals surface area contributed by atoms with E-state index in [1.54, 1.807) is 11.8 Å². The zero-order chi connectivity index (χ0) is 15.0. The van der Waals surface area contributed by atoms with Gasteiger partial charge in [0, 0.05) is 11.9 Å². The van der Waals surface area contributed by atoms with E-state index in [-0.39, 0.29) is 0 Å². The van der Waals surface area contributed by atoms with Crippen molar-refractivity contribution in [2.24, 2.45) is 0 Å². The van der Waals surface area contributed by atoms with Crippen LogP contribution in [0.2, 0.25) is 0 Å². The summed E-state index contributed by atoms with van der Waals surface area (Å²) in [5.74, 6) is 0.839. The lowest BCUT2D eigenvalue weighted by atomic mass is 10.1. The van der Waals surface area contributed by atoms with Gasteiger partial charge in [0.1, 0.15) is 0 Å². The van der Waals surface area contributed by atoms with Gasteiger partial charge < -0.3 is 4.98 Å². The normalized spacial score (nSPS) is 11.2.